The zero-order valence-electron chi connectivity index (χ0n) is 15.2. The predicted molar refractivity (Wildman–Crippen MR) is 99.6 cm³/mol. The molecule has 7 nitrogen and oxygen atoms in total. The van der Waals surface area contributed by atoms with E-state index in [0.29, 0.717) is 12.2 Å². The zero-order valence-corrected chi connectivity index (χ0v) is 16.0. The number of aryl methyl sites for hydroxylation is 1. The monoisotopic (exact) mass is 371 g/mol. The van der Waals surface area contributed by atoms with Crippen molar-refractivity contribution >= 4 is 17.2 Å². The maximum Gasteiger partial charge on any atom is 0.274 e. The van der Waals surface area contributed by atoms with Crippen LogP contribution >= 0.6 is 11.3 Å². The summed E-state index contributed by atoms with van der Waals surface area (Å²) in [7, 11) is 1.63. The molecule has 0 saturated heterocycles. The normalized spacial score (nSPS) is 12.0. The fourth-order valence-corrected chi connectivity index (χ4v) is 3.33. The van der Waals surface area contributed by atoms with Crippen LogP contribution in [0.1, 0.15) is 45.4 Å². The van der Waals surface area contributed by atoms with Crippen molar-refractivity contribution in [2.24, 2.45) is 0 Å². The number of rotatable bonds is 6. The van der Waals surface area contributed by atoms with Crippen LogP contribution in [0.2, 0.25) is 0 Å². The van der Waals surface area contributed by atoms with Crippen molar-refractivity contribution < 1.29 is 9.53 Å². The van der Waals surface area contributed by atoms with Crippen LogP contribution < -0.4 is 10.1 Å². The first-order valence-corrected chi connectivity index (χ1v) is 9.11. The Hall–Kier alpha value is -2.74. The molecule has 0 aliphatic carbocycles. The third kappa shape index (κ3) is 3.91. The molecule has 0 fully saturated rings. The van der Waals surface area contributed by atoms with Gasteiger partial charge in [0.25, 0.3) is 5.91 Å². The molecule has 0 saturated carbocycles. The summed E-state index contributed by atoms with van der Waals surface area (Å²) in [4.78, 5) is 16.9. The predicted octanol–water partition coefficient (Wildman–Crippen LogP) is 2.90. The second-order valence-electron chi connectivity index (χ2n) is 6.05. The zero-order chi connectivity index (χ0) is 18.7. The van der Waals surface area contributed by atoms with Gasteiger partial charge in [0.2, 0.25) is 0 Å². The molecule has 1 aromatic carbocycles. The molecule has 2 aromatic heterocycles. The summed E-state index contributed by atoms with van der Waals surface area (Å²) in [6.07, 6.45) is 0. The summed E-state index contributed by atoms with van der Waals surface area (Å²) in [5.74, 6) is 0.555. The topological polar surface area (TPSA) is 81.9 Å². The van der Waals surface area contributed by atoms with E-state index in [4.69, 9.17) is 4.74 Å². The first-order valence-electron chi connectivity index (χ1n) is 8.24. The van der Waals surface area contributed by atoms with Crippen molar-refractivity contribution in [3.05, 3.63) is 57.3 Å². The maximum atomic E-state index is 12.5. The number of thiazole rings is 1. The number of carbonyl (C=O) groups excluding carboxylic acids is 1. The maximum absolute atomic E-state index is 12.5. The summed E-state index contributed by atoms with van der Waals surface area (Å²) in [6, 6.07) is 7.55. The van der Waals surface area contributed by atoms with Gasteiger partial charge in [0, 0.05) is 11.1 Å². The fourth-order valence-electron chi connectivity index (χ4n) is 2.52. The van der Waals surface area contributed by atoms with Crippen LogP contribution in [-0.2, 0) is 6.54 Å². The molecule has 8 heteroatoms. The summed E-state index contributed by atoms with van der Waals surface area (Å²) < 4.78 is 6.88. The first kappa shape index (κ1) is 18.1. The molecule has 2 heterocycles. The van der Waals surface area contributed by atoms with Gasteiger partial charge in [-0.15, -0.1) is 16.4 Å². The molecule has 26 heavy (non-hydrogen) atoms. The SMILES string of the molecule is COc1ccc(Cn2nnc(C(=O)NC(C)c3nc(C)cs3)c2C)cc1. The van der Waals surface area contributed by atoms with E-state index >= 15 is 0 Å². The van der Waals surface area contributed by atoms with Crippen LogP contribution in [0.5, 0.6) is 5.75 Å². The van der Waals surface area contributed by atoms with Gasteiger partial charge in [-0.1, -0.05) is 17.3 Å². The van der Waals surface area contributed by atoms with E-state index in [0.717, 1.165) is 27.7 Å². The molecule has 0 spiro atoms. The number of hydrogen-bond donors (Lipinski definition) is 1. The Morgan fingerprint density at radius 3 is 2.65 bits per heavy atom. The lowest BCUT2D eigenvalue weighted by molar-refractivity contribution is 0.0934. The number of methoxy groups -OCH3 is 1. The molecule has 1 amide bonds. The summed E-state index contributed by atoms with van der Waals surface area (Å²) >= 11 is 1.53. The van der Waals surface area contributed by atoms with Gasteiger partial charge in [0.15, 0.2) is 5.69 Å². The van der Waals surface area contributed by atoms with Crippen molar-refractivity contribution in [3.63, 3.8) is 0 Å². The Kier molecular flexibility index (Phi) is 5.32. The Morgan fingerprint density at radius 2 is 2.04 bits per heavy atom. The van der Waals surface area contributed by atoms with E-state index in [1.165, 1.54) is 11.3 Å². The third-order valence-electron chi connectivity index (χ3n) is 4.04. The van der Waals surface area contributed by atoms with E-state index in [1.807, 2.05) is 50.4 Å². The van der Waals surface area contributed by atoms with E-state index < -0.39 is 0 Å². The lowest BCUT2D eigenvalue weighted by Crippen LogP contribution is -2.27. The van der Waals surface area contributed by atoms with Crippen molar-refractivity contribution in [1.82, 2.24) is 25.3 Å². The Bertz CT molecular complexity index is 901. The minimum Gasteiger partial charge on any atom is -0.497 e. The molecule has 1 unspecified atom stereocenters. The van der Waals surface area contributed by atoms with E-state index in [2.05, 4.69) is 20.6 Å². The highest BCUT2D eigenvalue weighted by molar-refractivity contribution is 7.09. The highest BCUT2D eigenvalue weighted by Gasteiger charge is 2.20. The molecule has 3 rings (SSSR count). The average Bonchev–Trinajstić information content (AvgIpc) is 3.22. The van der Waals surface area contributed by atoms with Crippen LogP contribution in [0.25, 0.3) is 0 Å². The van der Waals surface area contributed by atoms with Gasteiger partial charge in [-0.2, -0.15) is 0 Å². The number of hydrogen-bond acceptors (Lipinski definition) is 6. The molecule has 3 aromatic rings. The van der Waals surface area contributed by atoms with E-state index in [-0.39, 0.29) is 11.9 Å². The van der Waals surface area contributed by atoms with Gasteiger partial charge >= 0.3 is 0 Å². The number of aromatic nitrogens is 4. The lowest BCUT2D eigenvalue weighted by Gasteiger charge is -2.10. The van der Waals surface area contributed by atoms with Crippen LogP contribution in [0.3, 0.4) is 0 Å². The van der Waals surface area contributed by atoms with Gasteiger partial charge in [0.05, 0.1) is 25.4 Å². The number of benzene rings is 1. The molecule has 0 radical (unpaired) electrons. The van der Waals surface area contributed by atoms with Crippen LogP contribution in [0.4, 0.5) is 0 Å². The van der Waals surface area contributed by atoms with Crippen molar-refractivity contribution in [1.29, 1.82) is 0 Å². The number of nitrogens with zero attached hydrogens (tertiary/aromatic N) is 4. The summed E-state index contributed by atoms with van der Waals surface area (Å²) in [5.41, 5.74) is 3.06. The standard InChI is InChI=1S/C18H21N5O2S/c1-11-10-26-18(19-11)12(2)20-17(24)16-13(3)23(22-21-16)9-14-5-7-15(25-4)8-6-14/h5-8,10,12H,9H2,1-4H3,(H,20,24). The number of nitrogens with one attached hydrogen (secondary N) is 1. The minimum atomic E-state index is -0.246. The van der Waals surface area contributed by atoms with Gasteiger partial charge in [-0.05, 0) is 38.5 Å². The highest BCUT2D eigenvalue weighted by atomic mass is 32.1. The highest BCUT2D eigenvalue weighted by Crippen LogP contribution is 2.18. The van der Waals surface area contributed by atoms with E-state index in [9.17, 15) is 4.79 Å². The Labute approximate surface area is 156 Å². The number of ether oxygens (including phenoxy) is 1. The molecule has 0 aliphatic rings. The number of carbonyl (C=O) groups is 1. The van der Waals surface area contributed by atoms with Crippen molar-refractivity contribution in [2.75, 3.05) is 7.11 Å². The molecule has 0 aliphatic heterocycles. The minimum absolute atomic E-state index is 0.174. The van der Waals surface area contributed by atoms with Crippen molar-refractivity contribution in [3.8, 4) is 5.75 Å². The quantitative estimate of drug-likeness (QED) is 0.720. The molecular weight excluding hydrogens is 350 g/mol. The smallest absolute Gasteiger partial charge is 0.274 e. The van der Waals surface area contributed by atoms with Crippen LogP contribution in [-0.4, -0.2) is 33.0 Å². The second kappa shape index (κ2) is 7.65. The lowest BCUT2D eigenvalue weighted by atomic mass is 10.2. The second-order valence-corrected chi connectivity index (χ2v) is 6.94. The van der Waals surface area contributed by atoms with Crippen molar-refractivity contribution in [2.45, 2.75) is 33.4 Å². The van der Waals surface area contributed by atoms with Gasteiger partial charge in [-0.3, -0.25) is 4.79 Å². The first-order chi connectivity index (χ1) is 12.5. The molecular formula is C18H21N5O2S. The van der Waals surface area contributed by atoms with Gasteiger partial charge in [0.1, 0.15) is 10.8 Å². The Morgan fingerprint density at radius 1 is 1.31 bits per heavy atom. The summed E-state index contributed by atoms with van der Waals surface area (Å²) in [6.45, 7) is 6.23. The van der Waals surface area contributed by atoms with Gasteiger partial charge in [-0.25, -0.2) is 9.67 Å². The fraction of sp³-hybridized carbons (Fsp3) is 0.333. The molecule has 1 N–H and O–H groups in total. The van der Waals surface area contributed by atoms with E-state index in [1.54, 1.807) is 11.8 Å². The summed E-state index contributed by atoms with van der Waals surface area (Å²) in [5, 5.41) is 14.0. The molecule has 136 valence electrons. The molecule has 1 atom stereocenters. The number of amides is 1. The third-order valence-corrected chi connectivity index (χ3v) is 5.19. The Balaban J connectivity index is 1.70. The largest absolute Gasteiger partial charge is 0.497 e. The molecule has 0 bridgehead atoms. The van der Waals surface area contributed by atoms with Crippen LogP contribution in [0.15, 0.2) is 29.6 Å². The van der Waals surface area contributed by atoms with Crippen LogP contribution in [0, 0.1) is 13.8 Å². The van der Waals surface area contributed by atoms with Gasteiger partial charge < -0.3 is 10.1 Å². The average molecular weight is 371 g/mol.